The van der Waals surface area contributed by atoms with E-state index in [-0.39, 0.29) is 0 Å². The third-order valence-electron chi connectivity index (χ3n) is 1.20. The summed E-state index contributed by atoms with van der Waals surface area (Å²) in [6.45, 7) is 8.19. The van der Waals surface area contributed by atoms with Crippen molar-refractivity contribution in [3.05, 3.63) is 0 Å². The Labute approximate surface area is 90.7 Å². The predicted molar refractivity (Wildman–Crippen MR) is 61.0 cm³/mol. The minimum absolute atomic E-state index is 0.862. The zero-order valence-electron chi connectivity index (χ0n) is 8.91. The Morgan fingerprint density at radius 3 is 1.85 bits per heavy atom. The maximum atomic E-state index is 5.68. The van der Waals surface area contributed by atoms with E-state index in [2.05, 4.69) is 20.8 Å². The fraction of sp³-hybridized carbons (Fsp3) is 1.00. The van der Waals surface area contributed by atoms with Gasteiger partial charge in [0.15, 0.2) is 0 Å². The fourth-order valence-corrected chi connectivity index (χ4v) is 6.44. The summed E-state index contributed by atoms with van der Waals surface area (Å²) in [7, 11) is 1.90. The first-order valence-corrected chi connectivity index (χ1v) is 9.81. The van der Waals surface area contributed by atoms with Crippen LogP contribution in [-0.4, -0.2) is 33.1 Å². The molecule has 0 N–H and O–H groups in total. The summed E-state index contributed by atoms with van der Waals surface area (Å²) in [5.41, 5.74) is 0. The van der Waals surface area contributed by atoms with Gasteiger partial charge in [-0.25, -0.2) is 0 Å². The van der Waals surface area contributed by atoms with Gasteiger partial charge in [0.2, 0.25) is 0 Å². The zero-order chi connectivity index (χ0) is 9.94. The average Bonchev–Trinajstić information content (AvgIpc) is 2.17. The molecular weight excluding hydrogens is 247 g/mol. The van der Waals surface area contributed by atoms with Gasteiger partial charge in [-0.05, 0) is 0 Å². The molecule has 0 radical (unpaired) electrons. The SMILES string of the molecule is CCCO[As](OCCC)SCCC. The van der Waals surface area contributed by atoms with E-state index in [4.69, 9.17) is 7.45 Å². The Morgan fingerprint density at radius 2 is 1.46 bits per heavy atom. The normalized spacial score (nSPS) is 11.1. The molecule has 0 amide bonds. The molecule has 80 valence electrons. The van der Waals surface area contributed by atoms with Crippen molar-refractivity contribution in [2.45, 2.75) is 40.0 Å². The van der Waals surface area contributed by atoms with Gasteiger partial charge in [-0.3, -0.25) is 0 Å². The van der Waals surface area contributed by atoms with E-state index in [1.54, 1.807) is 0 Å². The van der Waals surface area contributed by atoms with Crippen molar-refractivity contribution in [3.63, 3.8) is 0 Å². The average molecular weight is 268 g/mol. The predicted octanol–water partition coefficient (Wildman–Crippen LogP) is 2.97. The van der Waals surface area contributed by atoms with Gasteiger partial charge in [0.05, 0.1) is 0 Å². The summed E-state index contributed by atoms with van der Waals surface area (Å²) in [6.07, 6.45) is 3.39. The van der Waals surface area contributed by atoms with Crippen LogP contribution in [-0.2, 0) is 7.45 Å². The van der Waals surface area contributed by atoms with Gasteiger partial charge in [0, 0.05) is 0 Å². The molecular formula is C9H21AsO2S. The summed E-state index contributed by atoms with van der Waals surface area (Å²) in [5.74, 6) is 1.17. The van der Waals surface area contributed by atoms with Crippen molar-refractivity contribution < 1.29 is 7.45 Å². The minimum atomic E-state index is -1.44. The van der Waals surface area contributed by atoms with E-state index < -0.39 is 14.2 Å². The second-order valence-corrected chi connectivity index (χ2v) is 8.59. The molecule has 13 heavy (non-hydrogen) atoms. The summed E-state index contributed by atoms with van der Waals surface area (Å²) in [6, 6.07) is 0. The van der Waals surface area contributed by atoms with Gasteiger partial charge in [0.1, 0.15) is 0 Å². The molecule has 0 saturated carbocycles. The van der Waals surface area contributed by atoms with E-state index in [1.165, 1.54) is 12.2 Å². The Hall–Kier alpha value is 0.828. The Bertz CT molecular complexity index is 84.6. The van der Waals surface area contributed by atoms with Gasteiger partial charge in [-0.1, -0.05) is 0 Å². The van der Waals surface area contributed by atoms with Crippen LogP contribution in [0.5, 0.6) is 0 Å². The summed E-state index contributed by atoms with van der Waals surface area (Å²) in [4.78, 5) is 0. The molecule has 0 heterocycles. The first-order valence-electron chi connectivity index (χ1n) is 5.04. The standard InChI is InChI=1S/C9H21AsO2S/c1-4-7-11-10(12-8-5-2)13-9-6-3/h4-9H2,1-3H3. The molecule has 0 aromatic rings. The van der Waals surface area contributed by atoms with Crippen molar-refractivity contribution in [1.29, 1.82) is 0 Å². The third-order valence-corrected chi connectivity index (χ3v) is 7.23. The van der Waals surface area contributed by atoms with Crippen LogP contribution in [0.3, 0.4) is 0 Å². The molecule has 0 fully saturated rings. The molecule has 0 bridgehead atoms. The number of rotatable bonds is 9. The van der Waals surface area contributed by atoms with E-state index in [0.29, 0.717) is 0 Å². The monoisotopic (exact) mass is 268 g/mol. The van der Waals surface area contributed by atoms with Crippen LogP contribution in [0, 0.1) is 0 Å². The molecule has 4 heteroatoms. The molecule has 0 saturated heterocycles. The second kappa shape index (κ2) is 10.9. The van der Waals surface area contributed by atoms with Crippen LogP contribution >= 0.6 is 10.0 Å². The molecule has 0 spiro atoms. The Balaban J connectivity index is 3.47. The number of hydrogen-bond donors (Lipinski definition) is 0. The maximum absolute atomic E-state index is 5.68. The van der Waals surface area contributed by atoms with Crippen LogP contribution in [0.4, 0.5) is 0 Å². The molecule has 0 aromatic heterocycles. The summed E-state index contributed by atoms with van der Waals surface area (Å²) < 4.78 is 11.4. The molecule has 0 aliphatic carbocycles. The molecule has 0 rings (SSSR count). The van der Waals surface area contributed by atoms with Crippen molar-refractivity contribution in [1.82, 2.24) is 0 Å². The van der Waals surface area contributed by atoms with E-state index in [0.717, 1.165) is 26.1 Å². The fourth-order valence-electron chi connectivity index (χ4n) is 0.609. The molecule has 0 aliphatic heterocycles. The van der Waals surface area contributed by atoms with E-state index in [9.17, 15) is 0 Å². The Morgan fingerprint density at radius 1 is 0.923 bits per heavy atom. The van der Waals surface area contributed by atoms with Crippen molar-refractivity contribution in [2.24, 2.45) is 0 Å². The van der Waals surface area contributed by atoms with Crippen molar-refractivity contribution >= 4 is 24.2 Å². The van der Waals surface area contributed by atoms with Gasteiger partial charge >= 0.3 is 90.7 Å². The van der Waals surface area contributed by atoms with Crippen LogP contribution in [0.1, 0.15) is 40.0 Å². The first kappa shape index (κ1) is 13.8. The van der Waals surface area contributed by atoms with Crippen molar-refractivity contribution in [3.8, 4) is 0 Å². The third kappa shape index (κ3) is 9.14. The molecule has 0 unspecified atom stereocenters. The second-order valence-electron chi connectivity index (χ2n) is 2.72. The topological polar surface area (TPSA) is 18.5 Å². The van der Waals surface area contributed by atoms with E-state index >= 15 is 0 Å². The molecule has 0 aliphatic rings. The van der Waals surface area contributed by atoms with Crippen LogP contribution in [0.15, 0.2) is 0 Å². The molecule has 0 aromatic carbocycles. The van der Waals surface area contributed by atoms with Gasteiger partial charge in [0.25, 0.3) is 0 Å². The quantitative estimate of drug-likeness (QED) is 0.599. The number of hydrogen-bond acceptors (Lipinski definition) is 3. The first-order chi connectivity index (χ1) is 6.35. The van der Waals surface area contributed by atoms with Crippen LogP contribution in [0.25, 0.3) is 0 Å². The van der Waals surface area contributed by atoms with Gasteiger partial charge in [-0.2, -0.15) is 0 Å². The zero-order valence-corrected chi connectivity index (χ0v) is 11.6. The van der Waals surface area contributed by atoms with E-state index in [1.807, 2.05) is 10.0 Å². The van der Waals surface area contributed by atoms with Crippen molar-refractivity contribution in [2.75, 3.05) is 19.0 Å². The molecule has 0 atom stereocenters. The Kier molecular flexibility index (Phi) is 11.6. The van der Waals surface area contributed by atoms with Gasteiger partial charge in [-0.15, -0.1) is 0 Å². The van der Waals surface area contributed by atoms with Crippen LogP contribution < -0.4 is 0 Å². The summed E-state index contributed by atoms with van der Waals surface area (Å²) >= 11 is -1.44. The molecule has 2 nitrogen and oxygen atoms in total. The van der Waals surface area contributed by atoms with Crippen LogP contribution in [0.2, 0.25) is 0 Å². The van der Waals surface area contributed by atoms with Gasteiger partial charge < -0.3 is 0 Å². The summed E-state index contributed by atoms with van der Waals surface area (Å²) in [5, 5.41) is 0.